The largest absolute Gasteiger partial charge is 0.336 e. The van der Waals surface area contributed by atoms with Gasteiger partial charge in [-0.3, -0.25) is 9.59 Å². The smallest absolute Gasteiger partial charge is 0.254 e. The van der Waals surface area contributed by atoms with Crippen LogP contribution in [0.3, 0.4) is 0 Å². The number of halogens is 1. The van der Waals surface area contributed by atoms with Crippen LogP contribution >= 0.6 is 0 Å². The van der Waals surface area contributed by atoms with E-state index in [1.54, 1.807) is 37.3 Å². The Bertz CT molecular complexity index is 1190. The number of carbonyl (C=O) groups is 1. The first-order chi connectivity index (χ1) is 13.9. The highest BCUT2D eigenvalue weighted by molar-refractivity contribution is 5.96. The lowest BCUT2D eigenvalue weighted by Crippen LogP contribution is -2.49. The van der Waals surface area contributed by atoms with Gasteiger partial charge in [-0.25, -0.2) is 9.37 Å². The van der Waals surface area contributed by atoms with Gasteiger partial charge in [0.25, 0.3) is 11.5 Å². The fourth-order valence-corrected chi connectivity index (χ4v) is 3.32. The molecule has 4 rings (SSSR count). The summed E-state index contributed by atoms with van der Waals surface area (Å²) in [4.78, 5) is 32.7. The second-order valence-electron chi connectivity index (χ2n) is 7.08. The molecular formula is C22H17FN4O2. The summed E-state index contributed by atoms with van der Waals surface area (Å²) in [6, 6.07) is 14.9. The molecule has 1 aromatic heterocycles. The number of amides is 1. The molecule has 0 atom stereocenters. The zero-order chi connectivity index (χ0) is 20.5. The Hall–Kier alpha value is -3.79. The summed E-state index contributed by atoms with van der Waals surface area (Å²) < 4.78 is 14.2. The fraction of sp³-hybridized carbons (Fsp3) is 0.182. The molecular weight excluding hydrogens is 371 g/mol. The first-order valence-electron chi connectivity index (χ1n) is 9.11. The molecule has 2 heterocycles. The average Bonchev–Trinajstić information content (AvgIpc) is 2.66. The van der Waals surface area contributed by atoms with Crippen LogP contribution in [0, 0.1) is 30.0 Å². The SMILES string of the molecule is Cc1cc(=O)[nH]c(-c2ccc(-c3cc(F)cc(C(=O)N4CC(C#N)C4)c3)cc2)n1. The van der Waals surface area contributed by atoms with Crippen LogP contribution in [0.15, 0.2) is 53.3 Å². The van der Waals surface area contributed by atoms with E-state index >= 15 is 0 Å². The number of aromatic nitrogens is 2. The van der Waals surface area contributed by atoms with Crippen LogP contribution in [-0.2, 0) is 0 Å². The van der Waals surface area contributed by atoms with E-state index in [1.807, 2.05) is 0 Å². The summed E-state index contributed by atoms with van der Waals surface area (Å²) >= 11 is 0. The predicted molar refractivity (Wildman–Crippen MR) is 105 cm³/mol. The first-order valence-corrected chi connectivity index (χ1v) is 9.11. The standard InChI is InChI=1S/C22H17FN4O2/c1-13-6-20(28)26-21(25-13)16-4-2-15(3-5-16)17-7-18(9-19(23)8-17)22(29)27-11-14(10-24)12-27/h2-9,14H,11-12H2,1H3,(H,25,26,28). The van der Waals surface area contributed by atoms with Gasteiger partial charge in [0.05, 0.1) is 12.0 Å². The van der Waals surface area contributed by atoms with Crippen LogP contribution in [-0.4, -0.2) is 33.9 Å². The second-order valence-corrected chi connectivity index (χ2v) is 7.08. The molecule has 3 aromatic rings. The number of hydrogen-bond acceptors (Lipinski definition) is 4. The molecule has 1 N–H and O–H groups in total. The number of nitrogens with one attached hydrogen (secondary N) is 1. The maximum atomic E-state index is 14.2. The molecule has 0 bridgehead atoms. The Balaban J connectivity index is 1.62. The van der Waals surface area contributed by atoms with Crippen molar-refractivity contribution in [3.05, 3.63) is 76.0 Å². The van der Waals surface area contributed by atoms with Crippen molar-refractivity contribution in [1.29, 1.82) is 5.26 Å². The number of nitriles is 1. The van der Waals surface area contributed by atoms with E-state index in [0.717, 1.165) is 11.1 Å². The van der Waals surface area contributed by atoms with E-state index in [-0.39, 0.29) is 22.9 Å². The summed E-state index contributed by atoms with van der Waals surface area (Å²) in [5.74, 6) is -0.477. The van der Waals surface area contributed by atoms with Crippen molar-refractivity contribution in [3.8, 4) is 28.6 Å². The van der Waals surface area contributed by atoms with E-state index in [4.69, 9.17) is 5.26 Å². The molecule has 0 radical (unpaired) electrons. The van der Waals surface area contributed by atoms with Crippen LogP contribution in [0.4, 0.5) is 4.39 Å². The van der Waals surface area contributed by atoms with Gasteiger partial charge in [0.2, 0.25) is 0 Å². The first kappa shape index (κ1) is 18.6. The summed E-state index contributed by atoms with van der Waals surface area (Å²) in [6.07, 6.45) is 0. The van der Waals surface area contributed by atoms with E-state index < -0.39 is 5.82 Å². The minimum atomic E-state index is -0.503. The molecule has 0 aliphatic carbocycles. The number of nitrogens with zero attached hydrogens (tertiary/aromatic N) is 3. The third-order valence-corrected chi connectivity index (χ3v) is 4.86. The van der Waals surface area contributed by atoms with Gasteiger partial charge in [-0.1, -0.05) is 24.3 Å². The number of carbonyl (C=O) groups excluding carboxylic acids is 1. The van der Waals surface area contributed by atoms with Gasteiger partial charge < -0.3 is 9.88 Å². The molecule has 29 heavy (non-hydrogen) atoms. The van der Waals surface area contributed by atoms with Crippen molar-refractivity contribution in [2.45, 2.75) is 6.92 Å². The monoisotopic (exact) mass is 388 g/mol. The molecule has 1 aliphatic rings. The van der Waals surface area contributed by atoms with Gasteiger partial charge in [0.1, 0.15) is 11.6 Å². The van der Waals surface area contributed by atoms with Crippen molar-refractivity contribution in [3.63, 3.8) is 0 Å². The Labute approximate surface area is 166 Å². The third-order valence-electron chi connectivity index (χ3n) is 4.86. The second kappa shape index (κ2) is 7.32. The quantitative estimate of drug-likeness (QED) is 0.746. The molecule has 7 heteroatoms. The Morgan fingerprint density at radius 1 is 1.14 bits per heavy atom. The molecule has 0 saturated carbocycles. The van der Waals surface area contributed by atoms with E-state index in [9.17, 15) is 14.0 Å². The Morgan fingerprint density at radius 3 is 2.48 bits per heavy atom. The minimum Gasteiger partial charge on any atom is -0.336 e. The van der Waals surface area contributed by atoms with Crippen molar-refractivity contribution in [2.75, 3.05) is 13.1 Å². The molecule has 6 nitrogen and oxygen atoms in total. The van der Waals surface area contributed by atoms with Crippen molar-refractivity contribution < 1.29 is 9.18 Å². The maximum Gasteiger partial charge on any atom is 0.254 e. The fourth-order valence-electron chi connectivity index (χ4n) is 3.32. The average molecular weight is 388 g/mol. The summed E-state index contributed by atoms with van der Waals surface area (Å²) in [5, 5.41) is 8.86. The van der Waals surface area contributed by atoms with Crippen molar-refractivity contribution in [1.82, 2.24) is 14.9 Å². The molecule has 2 aromatic carbocycles. The van der Waals surface area contributed by atoms with Crippen LogP contribution in [0.2, 0.25) is 0 Å². The normalized spacial score (nSPS) is 13.6. The van der Waals surface area contributed by atoms with E-state index in [1.165, 1.54) is 23.1 Å². The van der Waals surface area contributed by atoms with Gasteiger partial charge in [-0.15, -0.1) is 0 Å². The molecule has 144 valence electrons. The van der Waals surface area contributed by atoms with Gasteiger partial charge in [-0.2, -0.15) is 5.26 Å². The number of hydrogen-bond donors (Lipinski definition) is 1. The highest BCUT2D eigenvalue weighted by Crippen LogP contribution is 2.26. The summed E-state index contributed by atoms with van der Waals surface area (Å²) in [5.41, 5.74) is 2.68. The number of aryl methyl sites for hydroxylation is 1. The molecule has 1 fully saturated rings. The molecule has 1 saturated heterocycles. The van der Waals surface area contributed by atoms with Crippen LogP contribution < -0.4 is 5.56 Å². The number of benzene rings is 2. The lowest BCUT2D eigenvalue weighted by molar-refractivity contribution is 0.0577. The number of H-pyrrole nitrogens is 1. The van der Waals surface area contributed by atoms with Crippen LogP contribution in [0.25, 0.3) is 22.5 Å². The lowest BCUT2D eigenvalue weighted by Gasteiger charge is -2.35. The van der Waals surface area contributed by atoms with Crippen LogP contribution in [0.1, 0.15) is 16.1 Å². The zero-order valence-corrected chi connectivity index (χ0v) is 15.6. The van der Waals surface area contributed by atoms with Crippen molar-refractivity contribution >= 4 is 5.91 Å². The zero-order valence-electron chi connectivity index (χ0n) is 15.6. The number of rotatable bonds is 3. The Morgan fingerprint density at radius 2 is 1.83 bits per heavy atom. The van der Waals surface area contributed by atoms with Gasteiger partial charge in [0, 0.05) is 36.0 Å². The van der Waals surface area contributed by atoms with Crippen LogP contribution in [0.5, 0.6) is 0 Å². The molecule has 0 unspecified atom stereocenters. The maximum absolute atomic E-state index is 14.2. The summed E-state index contributed by atoms with van der Waals surface area (Å²) in [6.45, 7) is 2.49. The highest BCUT2D eigenvalue weighted by Gasteiger charge is 2.31. The Kier molecular flexibility index (Phi) is 4.69. The number of likely N-dealkylation sites (tertiary alicyclic amines) is 1. The molecule has 1 amide bonds. The van der Waals surface area contributed by atoms with Gasteiger partial charge in [-0.05, 0) is 36.2 Å². The van der Waals surface area contributed by atoms with E-state index in [2.05, 4.69) is 16.0 Å². The van der Waals surface area contributed by atoms with Crippen molar-refractivity contribution in [2.24, 2.45) is 5.92 Å². The molecule has 0 spiro atoms. The molecule has 1 aliphatic heterocycles. The predicted octanol–water partition coefficient (Wildman–Crippen LogP) is 3.15. The topological polar surface area (TPSA) is 89.9 Å². The van der Waals surface area contributed by atoms with Gasteiger partial charge >= 0.3 is 0 Å². The summed E-state index contributed by atoms with van der Waals surface area (Å²) in [7, 11) is 0. The van der Waals surface area contributed by atoms with E-state index in [0.29, 0.717) is 30.2 Å². The van der Waals surface area contributed by atoms with Gasteiger partial charge in [0.15, 0.2) is 0 Å². The number of aromatic amines is 1. The highest BCUT2D eigenvalue weighted by atomic mass is 19.1. The minimum absolute atomic E-state index is 0.152. The lowest BCUT2D eigenvalue weighted by atomic mass is 9.98. The third kappa shape index (κ3) is 3.78.